The van der Waals surface area contributed by atoms with Gasteiger partial charge in [-0.3, -0.25) is 0 Å². The van der Waals surface area contributed by atoms with Gasteiger partial charge in [0.1, 0.15) is 23.8 Å². The van der Waals surface area contributed by atoms with Crippen LogP contribution in [0.15, 0.2) is 35.1 Å². The molecule has 0 atom stereocenters. The van der Waals surface area contributed by atoms with E-state index in [2.05, 4.69) is 15.6 Å². The summed E-state index contributed by atoms with van der Waals surface area (Å²) in [5, 5.41) is 16.5. The lowest BCUT2D eigenvalue weighted by molar-refractivity contribution is 0.0236. The van der Waals surface area contributed by atoms with Gasteiger partial charge in [0.15, 0.2) is 5.75 Å². The zero-order chi connectivity index (χ0) is 17.1. The highest BCUT2D eigenvalue weighted by Gasteiger charge is 2.12. The summed E-state index contributed by atoms with van der Waals surface area (Å²) in [4.78, 5) is 9.88. The Kier molecular flexibility index (Phi) is 8.18. The van der Waals surface area contributed by atoms with Crippen LogP contribution < -0.4 is 15.5 Å². The number of nitriles is 1. The standard InChI is InChI=1S/C16H22FN5O/c1-13(11-20-3)21-12-22(9-5-8-19-2)23-16-7-4-6-15(17)14(16)10-18/h4,6-7,11-12,19-20H,5,8-9H2,1-3H3/b13-11+,21-12-. The first-order chi connectivity index (χ1) is 11.1. The lowest BCUT2D eigenvalue weighted by atomic mass is 10.2. The Morgan fingerprint density at radius 3 is 2.91 bits per heavy atom. The summed E-state index contributed by atoms with van der Waals surface area (Å²) in [6, 6.07) is 6.10. The lowest BCUT2D eigenvalue weighted by Crippen LogP contribution is -2.29. The Balaban J connectivity index is 2.90. The molecule has 0 saturated carbocycles. The number of nitrogens with zero attached hydrogens (tertiary/aromatic N) is 3. The van der Waals surface area contributed by atoms with Crippen LogP contribution in [0.4, 0.5) is 4.39 Å². The summed E-state index contributed by atoms with van der Waals surface area (Å²) in [6.07, 6.45) is 4.06. The van der Waals surface area contributed by atoms with Gasteiger partial charge >= 0.3 is 0 Å². The van der Waals surface area contributed by atoms with Crippen molar-refractivity contribution in [3.63, 3.8) is 0 Å². The summed E-state index contributed by atoms with van der Waals surface area (Å²) < 4.78 is 13.6. The predicted octanol–water partition coefficient (Wildman–Crippen LogP) is 2.01. The highest BCUT2D eigenvalue weighted by Crippen LogP contribution is 2.21. The maximum absolute atomic E-state index is 13.6. The molecule has 0 unspecified atom stereocenters. The molecule has 23 heavy (non-hydrogen) atoms. The number of hydrogen-bond donors (Lipinski definition) is 2. The van der Waals surface area contributed by atoms with E-state index in [1.165, 1.54) is 23.5 Å². The average molecular weight is 319 g/mol. The molecule has 0 aromatic heterocycles. The fourth-order valence-electron chi connectivity index (χ4n) is 1.76. The first kappa shape index (κ1) is 18.5. The zero-order valence-corrected chi connectivity index (χ0v) is 13.6. The van der Waals surface area contributed by atoms with Gasteiger partial charge in [-0.2, -0.15) is 10.3 Å². The Bertz CT molecular complexity index is 595. The van der Waals surface area contributed by atoms with Crippen LogP contribution in [0, 0.1) is 17.1 Å². The van der Waals surface area contributed by atoms with Gasteiger partial charge in [-0.05, 0) is 39.1 Å². The quantitative estimate of drug-likeness (QED) is 0.315. The van der Waals surface area contributed by atoms with Crippen molar-refractivity contribution in [3.8, 4) is 11.8 Å². The van der Waals surface area contributed by atoms with Gasteiger partial charge in [0.2, 0.25) is 0 Å². The van der Waals surface area contributed by atoms with Crippen LogP contribution >= 0.6 is 0 Å². The number of allylic oxidation sites excluding steroid dienone is 1. The zero-order valence-electron chi connectivity index (χ0n) is 13.6. The van der Waals surface area contributed by atoms with E-state index in [0.29, 0.717) is 6.54 Å². The van der Waals surface area contributed by atoms with Crippen molar-refractivity contribution in [3.05, 3.63) is 41.5 Å². The van der Waals surface area contributed by atoms with E-state index in [0.717, 1.165) is 18.7 Å². The van der Waals surface area contributed by atoms with Crippen molar-refractivity contribution < 1.29 is 9.23 Å². The minimum atomic E-state index is -0.608. The smallest absolute Gasteiger partial charge is 0.176 e. The molecule has 1 rings (SSSR count). The van der Waals surface area contributed by atoms with Gasteiger partial charge in [0, 0.05) is 13.2 Å². The molecule has 2 N–H and O–H groups in total. The first-order valence-electron chi connectivity index (χ1n) is 7.28. The van der Waals surface area contributed by atoms with E-state index in [1.807, 2.05) is 20.0 Å². The molecule has 7 heteroatoms. The Morgan fingerprint density at radius 1 is 1.48 bits per heavy atom. The van der Waals surface area contributed by atoms with E-state index in [-0.39, 0.29) is 11.3 Å². The van der Waals surface area contributed by atoms with Crippen LogP contribution in [0.5, 0.6) is 5.75 Å². The third-order valence-corrected chi connectivity index (χ3v) is 2.85. The number of benzene rings is 1. The van der Waals surface area contributed by atoms with Gasteiger partial charge in [-0.15, -0.1) is 0 Å². The van der Waals surface area contributed by atoms with E-state index in [9.17, 15) is 4.39 Å². The number of rotatable bonds is 9. The third-order valence-electron chi connectivity index (χ3n) is 2.85. The summed E-state index contributed by atoms with van der Waals surface area (Å²) in [5.74, 6) is -0.443. The van der Waals surface area contributed by atoms with Crippen LogP contribution in [0.1, 0.15) is 18.9 Å². The van der Waals surface area contributed by atoms with Gasteiger partial charge in [0.05, 0.1) is 12.2 Å². The normalized spacial score (nSPS) is 11.3. The molecule has 0 radical (unpaired) electrons. The van der Waals surface area contributed by atoms with Crippen LogP contribution in [-0.2, 0) is 0 Å². The third kappa shape index (κ3) is 6.36. The van der Waals surface area contributed by atoms with E-state index < -0.39 is 5.82 Å². The minimum Gasteiger partial charge on any atom is -0.393 e. The molecule has 1 aromatic rings. The monoisotopic (exact) mass is 319 g/mol. The minimum absolute atomic E-state index is 0.123. The fourth-order valence-corrected chi connectivity index (χ4v) is 1.76. The second-order valence-electron chi connectivity index (χ2n) is 4.73. The SMILES string of the molecule is CN/C=C(C)/N=C\N(CCCNC)Oc1cccc(F)c1C#N. The average Bonchev–Trinajstić information content (AvgIpc) is 2.53. The van der Waals surface area contributed by atoms with Crippen LogP contribution in [0.2, 0.25) is 0 Å². The van der Waals surface area contributed by atoms with Crippen molar-refractivity contribution in [1.82, 2.24) is 15.7 Å². The van der Waals surface area contributed by atoms with Gasteiger partial charge < -0.3 is 15.5 Å². The van der Waals surface area contributed by atoms with Crippen molar-refractivity contribution in [1.29, 1.82) is 5.26 Å². The maximum atomic E-state index is 13.6. The Labute approximate surface area is 136 Å². The van der Waals surface area contributed by atoms with E-state index in [4.69, 9.17) is 10.1 Å². The molecular formula is C16H22FN5O. The van der Waals surface area contributed by atoms with Gasteiger partial charge in [-0.1, -0.05) is 6.07 Å². The van der Waals surface area contributed by atoms with Crippen LogP contribution in [-0.4, -0.2) is 38.6 Å². The van der Waals surface area contributed by atoms with Gasteiger partial charge in [-0.25, -0.2) is 9.38 Å². The summed E-state index contributed by atoms with van der Waals surface area (Å²) in [6.45, 7) is 3.17. The molecule has 0 heterocycles. The molecule has 0 aliphatic rings. The highest BCUT2D eigenvalue weighted by atomic mass is 19.1. The first-order valence-corrected chi connectivity index (χ1v) is 7.28. The fraction of sp³-hybridized carbons (Fsp3) is 0.375. The lowest BCUT2D eigenvalue weighted by Gasteiger charge is -2.20. The van der Waals surface area contributed by atoms with Crippen molar-refractivity contribution in [2.24, 2.45) is 4.99 Å². The number of aliphatic imine (C=N–C) groups is 1. The van der Waals surface area contributed by atoms with Crippen LogP contribution in [0.25, 0.3) is 0 Å². The second-order valence-corrected chi connectivity index (χ2v) is 4.73. The van der Waals surface area contributed by atoms with Crippen molar-refractivity contribution in [2.45, 2.75) is 13.3 Å². The van der Waals surface area contributed by atoms with E-state index >= 15 is 0 Å². The van der Waals surface area contributed by atoms with Crippen molar-refractivity contribution >= 4 is 6.34 Å². The highest BCUT2D eigenvalue weighted by molar-refractivity contribution is 5.56. The number of hydrogen-bond acceptors (Lipinski definition) is 5. The number of nitrogens with one attached hydrogen (secondary N) is 2. The summed E-state index contributed by atoms with van der Waals surface area (Å²) >= 11 is 0. The van der Waals surface area contributed by atoms with Gasteiger partial charge in [0.25, 0.3) is 0 Å². The van der Waals surface area contributed by atoms with Crippen molar-refractivity contribution in [2.75, 3.05) is 27.2 Å². The van der Waals surface area contributed by atoms with Crippen LogP contribution in [0.3, 0.4) is 0 Å². The molecule has 0 fully saturated rings. The second kappa shape index (κ2) is 10.2. The van der Waals surface area contributed by atoms with E-state index in [1.54, 1.807) is 19.3 Å². The molecular weight excluding hydrogens is 297 g/mol. The molecule has 0 bridgehead atoms. The molecule has 0 spiro atoms. The molecule has 6 nitrogen and oxygen atoms in total. The largest absolute Gasteiger partial charge is 0.393 e. The Morgan fingerprint density at radius 2 is 2.26 bits per heavy atom. The molecule has 0 aliphatic carbocycles. The molecule has 124 valence electrons. The molecule has 1 aromatic carbocycles. The topological polar surface area (TPSA) is 72.7 Å². The number of hydroxylamine groups is 2. The Hall–Kier alpha value is -2.59. The molecule has 0 amide bonds. The molecule has 0 saturated heterocycles. The summed E-state index contributed by atoms with van der Waals surface area (Å²) in [5.41, 5.74) is 0.636. The number of halogens is 1. The maximum Gasteiger partial charge on any atom is 0.176 e. The predicted molar refractivity (Wildman–Crippen MR) is 88.3 cm³/mol. The molecule has 0 aliphatic heterocycles. The summed E-state index contributed by atoms with van der Waals surface area (Å²) in [7, 11) is 3.64.